The molecular weight excluding hydrogens is 359 g/mol. The minimum atomic E-state index is -4.43. The van der Waals surface area contributed by atoms with Crippen LogP contribution in [0.15, 0.2) is 23.3 Å². The lowest BCUT2D eigenvalue weighted by Crippen LogP contribution is -2.41. The highest BCUT2D eigenvalue weighted by Gasteiger charge is 2.42. The van der Waals surface area contributed by atoms with Crippen LogP contribution in [0.4, 0.5) is 19.0 Å². The summed E-state index contributed by atoms with van der Waals surface area (Å²) in [4.78, 5) is 10.6. The molecule has 0 aliphatic carbocycles. The van der Waals surface area contributed by atoms with E-state index in [0.29, 0.717) is 6.54 Å². The topological polar surface area (TPSA) is 61.8 Å². The molecule has 1 atom stereocenters. The average molecular weight is 385 g/mol. The Morgan fingerprint density at radius 2 is 2.26 bits per heavy atom. The molecule has 0 radical (unpaired) electrons. The van der Waals surface area contributed by atoms with Gasteiger partial charge in [0.15, 0.2) is 5.96 Å². The highest BCUT2D eigenvalue weighted by atomic mass is 19.4. The average Bonchev–Trinajstić information content (AvgIpc) is 3.27. The first-order valence-corrected chi connectivity index (χ1v) is 9.31. The lowest BCUT2D eigenvalue weighted by molar-refractivity contribution is -0.137. The van der Waals surface area contributed by atoms with Gasteiger partial charge in [-0.05, 0) is 31.9 Å². The number of ether oxygens (including phenoxy) is 1. The molecule has 0 saturated carbocycles. The molecule has 2 aliphatic rings. The van der Waals surface area contributed by atoms with Crippen molar-refractivity contribution < 1.29 is 17.9 Å². The third kappa shape index (κ3) is 4.82. The van der Waals surface area contributed by atoms with Crippen molar-refractivity contribution in [3.05, 3.63) is 23.9 Å². The van der Waals surface area contributed by atoms with E-state index in [4.69, 9.17) is 4.74 Å². The number of guanidine groups is 1. The van der Waals surface area contributed by atoms with Gasteiger partial charge in [0.05, 0.1) is 18.7 Å². The maximum Gasteiger partial charge on any atom is 0.419 e. The Morgan fingerprint density at radius 1 is 1.41 bits per heavy atom. The third-order valence-electron chi connectivity index (χ3n) is 5.04. The van der Waals surface area contributed by atoms with Crippen LogP contribution in [0.3, 0.4) is 0 Å². The maximum absolute atomic E-state index is 13.0. The van der Waals surface area contributed by atoms with Crippen LogP contribution >= 0.6 is 0 Å². The molecule has 6 nitrogen and oxygen atoms in total. The van der Waals surface area contributed by atoms with Crippen molar-refractivity contribution in [2.24, 2.45) is 10.4 Å². The van der Waals surface area contributed by atoms with E-state index < -0.39 is 11.7 Å². The number of anilines is 1. The standard InChI is InChI=1S/C18H26F3N5O/c1-2-22-16(26-10-5-17(12-26)6-11-27-13-17)25-9-8-24-15-14(18(19,20)21)4-3-7-23-15/h3-4,7H,2,5-6,8-13H2,1H3,(H,22,25)(H,23,24). The molecular formula is C18H26F3N5O. The van der Waals surface area contributed by atoms with E-state index >= 15 is 0 Å². The summed E-state index contributed by atoms with van der Waals surface area (Å²) >= 11 is 0. The Hall–Kier alpha value is -2.03. The molecule has 2 N–H and O–H groups in total. The molecule has 2 aliphatic heterocycles. The maximum atomic E-state index is 13.0. The lowest BCUT2D eigenvalue weighted by Gasteiger charge is -2.25. The predicted molar refractivity (Wildman–Crippen MR) is 97.8 cm³/mol. The van der Waals surface area contributed by atoms with Crippen LogP contribution in [-0.2, 0) is 10.9 Å². The van der Waals surface area contributed by atoms with E-state index in [1.54, 1.807) is 0 Å². The van der Waals surface area contributed by atoms with Gasteiger partial charge < -0.3 is 20.3 Å². The molecule has 1 aromatic rings. The summed E-state index contributed by atoms with van der Waals surface area (Å²) in [7, 11) is 0. The van der Waals surface area contributed by atoms with Gasteiger partial charge in [0, 0.05) is 44.4 Å². The fraction of sp³-hybridized carbons (Fsp3) is 0.667. The molecule has 1 aromatic heterocycles. The molecule has 2 fully saturated rings. The molecule has 2 saturated heterocycles. The van der Waals surface area contributed by atoms with Gasteiger partial charge in [-0.3, -0.25) is 4.99 Å². The van der Waals surface area contributed by atoms with E-state index in [0.717, 1.165) is 57.7 Å². The van der Waals surface area contributed by atoms with Gasteiger partial charge in [0.2, 0.25) is 0 Å². The van der Waals surface area contributed by atoms with Gasteiger partial charge in [-0.1, -0.05) is 0 Å². The van der Waals surface area contributed by atoms with E-state index in [2.05, 4.69) is 25.5 Å². The van der Waals surface area contributed by atoms with E-state index in [1.807, 2.05) is 6.92 Å². The molecule has 3 heterocycles. The summed E-state index contributed by atoms with van der Waals surface area (Å²) in [5.74, 6) is 0.647. The van der Waals surface area contributed by atoms with Crippen molar-refractivity contribution in [1.29, 1.82) is 0 Å². The number of hydrogen-bond acceptors (Lipinski definition) is 4. The Bertz CT molecular complexity index is 659. The number of aromatic nitrogens is 1. The molecule has 0 bridgehead atoms. The van der Waals surface area contributed by atoms with Crippen LogP contribution in [0.1, 0.15) is 25.3 Å². The summed E-state index contributed by atoms with van der Waals surface area (Å²) < 4.78 is 44.6. The molecule has 150 valence electrons. The summed E-state index contributed by atoms with van der Waals surface area (Å²) in [6.07, 6.45) is -0.927. The number of halogens is 3. The van der Waals surface area contributed by atoms with E-state index in [1.165, 1.54) is 12.3 Å². The number of aliphatic imine (C=N–C) groups is 1. The fourth-order valence-electron chi connectivity index (χ4n) is 3.62. The molecule has 0 aromatic carbocycles. The Balaban J connectivity index is 1.57. The zero-order valence-electron chi connectivity index (χ0n) is 15.5. The number of hydrogen-bond donors (Lipinski definition) is 2. The minimum absolute atomic E-state index is 0.159. The predicted octanol–water partition coefficient (Wildman–Crippen LogP) is 2.59. The quantitative estimate of drug-likeness (QED) is 0.464. The number of rotatable bonds is 5. The largest absolute Gasteiger partial charge is 0.419 e. The first-order valence-electron chi connectivity index (χ1n) is 9.31. The van der Waals surface area contributed by atoms with Gasteiger partial charge >= 0.3 is 6.18 Å². The summed E-state index contributed by atoms with van der Waals surface area (Å²) in [6.45, 7) is 6.81. The van der Waals surface area contributed by atoms with Gasteiger partial charge in [0.1, 0.15) is 5.82 Å². The van der Waals surface area contributed by atoms with Crippen molar-refractivity contribution in [1.82, 2.24) is 15.2 Å². The Kier molecular flexibility index (Phi) is 6.08. The van der Waals surface area contributed by atoms with Crippen molar-refractivity contribution in [3.63, 3.8) is 0 Å². The lowest BCUT2D eigenvalue weighted by atomic mass is 9.87. The van der Waals surface area contributed by atoms with Crippen molar-refractivity contribution in [2.45, 2.75) is 25.9 Å². The first-order chi connectivity index (χ1) is 12.9. The zero-order valence-corrected chi connectivity index (χ0v) is 15.5. The minimum Gasteiger partial charge on any atom is -0.381 e. The summed E-state index contributed by atoms with van der Waals surface area (Å²) in [5.41, 5.74) is -0.534. The van der Waals surface area contributed by atoms with Crippen LogP contribution in [-0.4, -0.2) is 61.8 Å². The van der Waals surface area contributed by atoms with Crippen LogP contribution in [0.25, 0.3) is 0 Å². The second-order valence-electron chi connectivity index (χ2n) is 7.03. The molecule has 1 spiro atoms. The van der Waals surface area contributed by atoms with Crippen LogP contribution in [0, 0.1) is 5.41 Å². The third-order valence-corrected chi connectivity index (χ3v) is 5.04. The van der Waals surface area contributed by atoms with Crippen LogP contribution in [0.2, 0.25) is 0 Å². The Labute approximate surface area is 157 Å². The van der Waals surface area contributed by atoms with Gasteiger partial charge in [-0.15, -0.1) is 0 Å². The van der Waals surface area contributed by atoms with Gasteiger partial charge in [-0.25, -0.2) is 4.98 Å². The number of pyridine rings is 1. The second kappa shape index (κ2) is 8.33. The van der Waals surface area contributed by atoms with Crippen molar-refractivity contribution in [3.8, 4) is 0 Å². The molecule has 3 rings (SSSR count). The highest BCUT2D eigenvalue weighted by molar-refractivity contribution is 5.80. The van der Waals surface area contributed by atoms with Crippen LogP contribution < -0.4 is 10.6 Å². The van der Waals surface area contributed by atoms with E-state index in [-0.39, 0.29) is 17.8 Å². The number of nitrogens with zero attached hydrogens (tertiary/aromatic N) is 3. The highest BCUT2D eigenvalue weighted by Crippen LogP contribution is 2.38. The number of nitrogens with one attached hydrogen (secondary N) is 2. The monoisotopic (exact) mass is 385 g/mol. The number of likely N-dealkylation sites (tertiary alicyclic amines) is 1. The summed E-state index contributed by atoms with van der Waals surface area (Å²) in [6, 6.07) is 2.31. The second-order valence-corrected chi connectivity index (χ2v) is 7.03. The van der Waals surface area contributed by atoms with Crippen molar-refractivity contribution >= 4 is 11.8 Å². The SMILES string of the molecule is CCNC(=NCCNc1ncccc1C(F)(F)F)N1CCC2(CCOC2)C1. The van der Waals surface area contributed by atoms with Gasteiger partial charge in [-0.2, -0.15) is 13.2 Å². The first kappa shape index (κ1) is 19.7. The smallest absolute Gasteiger partial charge is 0.381 e. The molecule has 27 heavy (non-hydrogen) atoms. The fourth-order valence-corrected chi connectivity index (χ4v) is 3.62. The van der Waals surface area contributed by atoms with Crippen LogP contribution in [0.5, 0.6) is 0 Å². The normalized spacial score (nSPS) is 23.3. The molecule has 1 unspecified atom stereocenters. The zero-order chi connectivity index (χ0) is 19.3. The summed E-state index contributed by atoms with van der Waals surface area (Å²) in [5, 5.41) is 6.03. The molecule has 9 heteroatoms. The van der Waals surface area contributed by atoms with Gasteiger partial charge in [0.25, 0.3) is 0 Å². The Morgan fingerprint density at radius 3 is 2.96 bits per heavy atom. The van der Waals surface area contributed by atoms with Crippen molar-refractivity contribution in [2.75, 3.05) is 51.3 Å². The number of alkyl halides is 3. The van der Waals surface area contributed by atoms with E-state index in [9.17, 15) is 13.2 Å². The molecule has 0 amide bonds.